The van der Waals surface area contributed by atoms with Crippen LogP contribution in [0.25, 0.3) is 0 Å². The molecular formula is C13H27ClN2O2. The molecule has 0 unspecified atom stereocenters. The number of rotatable bonds is 7. The zero-order valence-corrected chi connectivity index (χ0v) is 12.2. The van der Waals surface area contributed by atoms with Gasteiger partial charge in [-0.15, -0.1) is 12.4 Å². The number of hydrogen-bond donors (Lipinski definition) is 1. The molecule has 1 saturated heterocycles. The summed E-state index contributed by atoms with van der Waals surface area (Å²) in [5.74, 6) is 0.312. The Morgan fingerprint density at radius 2 is 2.00 bits per heavy atom. The second-order valence-electron chi connectivity index (χ2n) is 4.70. The number of hydrogen-bond acceptors (Lipinski definition) is 3. The number of ether oxygens (including phenoxy) is 1. The van der Waals surface area contributed by atoms with Crippen molar-refractivity contribution in [1.29, 1.82) is 0 Å². The number of nitrogens with zero attached hydrogens (tertiary/aromatic N) is 1. The van der Waals surface area contributed by atoms with Gasteiger partial charge in [0.25, 0.3) is 0 Å². The summed E-state index contributed by atoms with van der Waals surface area (Å²) in [6.45, 7) is 5.27. The van der Waals surface area contributed by atoms with Crippen LogP contribution in [0, 0.1) is 0 Å². The van der Waals surface area contributed by atoms with Gasteiger partial charge in [-0.3, -0.25) is 4.79 Å². The van der Waals surface area contributed by atoms with Crippen LogP contribution >= 0.6 is 12.4 Å². The summed E-state index contributed by atoms with van der Waals surface area (Å²) < 4.78 is 5.71. The van der Waals surface area contributed by atoms with Crippen molar-refractivity contribution in [1.82, 2.24) is 4.90 Å². The fourth-order valence-electron chi connectivity index (χ4n) is 2.09. The Morgan fingerprint density at radius 1 is 1.33 bits per heavy atom. The van der Waals surface area contributed by atoms with Gasteiger partial charge in [0.15, 0.2) is 0 Å². The first-order valence-corrected chi connectivity index (χ1v) is 6.87. The third kappa shape index (κ3) is 6.57. The van der Waals surface area contributed by atoms with Crippen molar-refractivity contribution in [3.05, 3.63) is 0 Å². The summed E-state index contributed by atoms with van der Waals surface area (Å²) >= 11 is 0. The Bertz CT molecular complexity index is 219. The average molecular weight is 279 g/mol. The first-order valence-electron chi connectivity index (χ1n) is 6.87. The third-order valence-electron chi connectivity index (χ3n) is 3.24. The molecule has 108 valence electrons. The van der Waals surface area contributed by atoms with Gasteiger partial charge in [-0.05, 0) is 32.2 Å². The van der Waals surface area contributed by atoms with E-state index in [1.165, 1.54) is 0 Å². The van der Waals surface area contributed by atoms with Crippen LogP contribution in [0.5, 0.6) is 0 Å². The number of likely N-dealkylation sites (tertiary alicyclic amines) is 1. The normalized spacial score (nSPS) is 16.4. The molecule has 0 spiro atoms. The van der Waals surface area contributed by atoms with Gasteiger partial charge in [-0.25, -0.2) is 0 Å². The number of nitrogens with two attached hydrogens (primary N) is 1. The van der Waals surface area contributed by atoms with Crippen molar-refractivity contribution in [3.63, 3.8) is 0 Å². The Labute approximate surface area is 117 Å². The first kappa shape index (κ1) is 17.7. The lowest BCUT2D eigenvalue weighted by molar-refractivity contribution is -0.133. The number of amides is 1. The van der Waals surface area contributed by atoms with E-state index in [0.29, 0.717) is 25.0 Å². The Kier molecular flexibility index (Phi) is 10.4. The van der Waals surface area contributed by atoms with Gasteiger partial charge in [0.2, 0.25) is 5.91 Å². The van der Waals surface area contributed by atoms with Crippen LogP contribution in [-0.4, -0.2) is 43.2 Å². The molecule has 0 aromatic heterocycles. The van der Waals surface area contributed by atoms with Gasteiger partial charge in [0.1, 0.15) is 0 Å². The van der Waals surface area contributed by atoms with Gasteiger partial charge in [0.05, 0.1) is 6.10 Å². The van der Waals surface area contributed by atoms with Crippen LogP contribution in [0.1, 0.15) is 45.4 Å². The van der Waals surface area contributed by atoms with E-state index in [9.17, 15) is 4.79 Å². The zero-order chi connectivity index (χ0) is 12.5. The molecule has 0 atom stereocenters. The van der Waals surface area contributed by atoms with Gasteiger partial charge in [-0.2, -0.15) is 0 Å². The van der Waals surface area contributed by atoms with Crippen LogP contribution < -0.4 is 5.73 Å². The quantitative estimate of drug-likeness (QED) is 0.724. The number of carbonyl (C=O) groups is 1. The maximum Gasteiger partial charge on any atom is 0.222 e. The SMILES string of the molecule is CCCCC(=O)N1CCC(OCCCN)CC1.Cl. The molecular weight excluding hydrogens is 252 g/mol. The lowest BCUT2D eigenvalue weighted by atomic mass is 10.1. The van der Waals surface area contributed by atoms with Crippen LogP contribution in [-0.2, 0) is 9.53 Å². The summed E-state index contributed by atoms with van der Waals surface area (Å²) in [6.07, 6.45) is 6.00. The molecule has 5 heteroatoms. The van der Waals surface area contributed by atoms with Crippen molar-refractivity contribution in [2.75, 3.05) is 26.2 Å². The van der Waals surface area contributed by atoms with E-state index in [-0.39, 0.29) is 12.4 Å². The number of piperidine rings is 1. The smallest absolute Gasteiger partial charge is 0.222 e. The Hall–Kier alpha value is -0.320. The number of carbonyl (C=O) groups excluding carboxylic acids is 1. The molecule has 0 aliphatic carbocycles. The van der Waals surface area contributed by atoms with Crippen LogP contribution in [0.2, 0.25) is 0 Å². The highest BCUT2D eigenvalue weighted by atomic mass is 35.5. The maximum atomic E-state index is 11.8. The lowest BCUT2D eigenvalue weighted by Crippen LogP contribution is -2.40. The highest BCUT2D eigenvalue weighted by molar-refractivity contribution is 5.85. The molecule has 1 rings (SSSR count). The Morgan fingerprint density at radius 3 is 2.56 bits per heavy atom. The molecule has 0 saturated carbocycles. The van der Waals surface area contributed by atoms with Gasteiger partial charge in [0, 0.05) is 26.1 Å². The van der Waals surface area contributed by atoms with Crippen LogP contribution in [0.4, 0.5) is 0 Å². The van der Waals surface area contributed by atoms with Gasteiger partial charge >= 0.3 is 0 Å². The molecule has 0 radical (unpaired) electrons. The topological polar surface area (TPSA) is 55.6 Å². The standard InChI is InChI=1S/C13H26N2O2.ClH/c1-2-3-5-13(16)15-9-6-12(7-10-15)17-11-4-8-14;/h12H,2-11,14H2,1H3;1H. The van der Waals surface area contributed by atoms with E-state index in [1.54, 1.807) is 0 Å². The molecule has 1 heterocycles. The van der Waals surface area contributed by atoms with E-state index in [2.05, 4.69) is 6.92 Å². The summed E-state index contributed by atoms with van der Waals surface area (Å²) in [7, 11) is 0. The second-order valence-corrected chi connectivity index (χ2v) is 4.70. The minimum atomic E-state index is 0. The van der Waals surface area contributed by atoms with Gasteiger partial charge < -0.3 is 15.4 Å². The molecule has 1 amide bonds. The van der Waals surface area contributed by atoms with Crippen molar-refractivity contribution in [2.24, 2.45) is 5.73 Å². The summed E-state index contributed by atoms with van der Waals surface area (Å²) in [5, 5.41) is 0. The number of halogens is 1. The first-order chi connectivity index (χ1) is 8.27. The Balaban J connectivity index is 0.00000289. The zero-order valence-electron chi connectivity index (χ0n) is 11.4. The molecule has 1 fully saturated rings. The summed E-state index contributed by atoms with van der Waals surface area (Å²) in [6, 6.07) is 0. The molecule has 0 bridgehead atoms. The molecule has 1 aliphatic heterocycles. The molecule has 0 aromatic carbocycles. The molecule has 1 aliphatic rings. The van der Waals surface area contributed by atoms with E-state index in [0.717, 1.165) is 51.8 Å². The van der Waals surface area contributed by atoms with Crippen molar-refractivity contribution in [2.45, 2.75) is 51.6 Å². The van der Waals surface area contributed by atoms with Crippen molar-refractivity contribution < 1.29 is 9.53 Å². The number of unbranched alkanes of at least 4 members (excludes halogenated alkanes) is 1. The van der Waals surface area contributed by atoms with E-state index >= 15 is 0 Å². The van der Waals surface area contributed by atoms with E-state index < -0.39 is 0 Å². The highest BCUT2D eigenvalue weighted by Gasteiger charge is 2.22. The summed E-state index contributed by atoms with van der Waals surface area (Å²) in [5.41, 5.74) is 5.42. The van der Waals surface area contributed by atoms with Crippen molar-refractivity contribution >= 4 is 18.3 Å². The molecule has 4 nitrogen and oxygen atoms in total. The molecule has 0 aromatic rings. The van der Waals surface area contributed by atoms with E-state index in [1.807, 2.05) is 4.90 Å². The predicted molar refractivity (Wildman–Crippen MR) is 76.0 cm³/mol. The van der Waals surface area contributed by atoms with Gasteiger partial charge in [-0.1, -0.05) is 13.3 Å². The van der Waals surface area contributed by atoms with E-state index in [4.69, 9.17) is 10.5 Å². The lowest BCUT2D eigenvalue weighted by Gasteiger charge is -2.32. The summed E-state index contributed by atoms with van der Waals surface area (Å²) in [4.78, 5) is 13.8. The molecule has 18 heavy (non-hydrogen) atoms. The third-order valence-corrected chi connectivity index (χ3v) is 3.24. The second kappa shape index (κ2) is 10.6. The fraction of sp³-hybridized carbons (Fsp3) is 0.923. The van der Waals surface area contributed by atoms with Crippen LogP contribution in [0.15, 0.2) is 0 Å². The maximum absolute atomic E-state index is 11.8. The van der Waals surface area contributed by atoms with Crippen molar-refractivity contribution in [3.8, 4) is 0 Å². The average Bonchev–Trinajstić information content (AvgIpc) is 2.37. The monoisotopic (exact) mass is 278 g/mol. The highest BCUT2D eigenvalue weighted by Crippen LogP contribution is 2.15. The van der Waals surface area contributed by atoms with Crippen LogP contribution in [0.3, 0.4) is 0 Å². The molecule has 2 N–H and O–H groups in total. The largest absolute Gasteiger partial charge is 0.378 e. The minimum Gasteiger partial charge on any atom is -0.378 e. The minimum absolute atomic E-state index is 0. The fourth-order valence-corrected chi connectivity index (χ4v) is 2.09. The predicted octanol–water partition coefficient (Wildman–Crippen LogP) is 1.95.